The average Bonchev–Trinajstić information content (AvgIpc) is 4.01. The predicted octanol–water partition coefficient (Wildman–Crippen LogP) is 7.91. The van der Waals surface area contributed by atoms with Gasteiger partial charge in [0.1, 0.15) is 33.1 Å². The summed E-state index contributed by atoms with van der Waals surface area (Å²) in [6.45, 7) is 0. The van der Waals surface area contributed by atoms with Crippen LogP contribution in [0, 0.1) is 0 Å². The largest absolute Gasteiger partial charge is 0.497 e. The molecule has 16 heteroatoms. The minimum atomic E-state index is -1.77. The smallest absolute Gasteiger partial charge is 0.270 e. The second kappa shape index (κ2) is 14.8. The van der Waals surface area contributed by atoms with Crippen LogP contribution in [0.2, 0.25) is 0 Å². The monoisotopic (exact) mass is 822 g/mol. The van der Waals surface area contributed by atoms with Crippen molar-refractivity contribution in [3.63, 3.8) is 0 Å². The van der Waals surface area contributed by atoms with Crippen LogP contribution in [-0.4, -0.2) is 70.5 Å². The van der Waals surface area contributed by atoms with Crippen molar-refractivity contribution in [1.29, 1.82) is 0 Å². The van der Waals surface area contributed by atoms with Crippen LogP contribution in [0.5, 0.6) is 34.8 Å². The Hall–Kier alpha value is -5.68. The van der Waals surface area contributed by atoms with Gasteiger partial charge in [-0.25, -0.2) is 9.98 Å². The molecule has 4 aromatic carbocycles. The van der Waals surface area contributed by atoms with Crippen molar-refractivity contribution in [2.45, 2.75) is 9.49 Å². The fraction of sp³-hybridized carbons (Fsp3) is 0.150. The molecule has 0 bridgehead atoms. The maximum Gasteiger partial charge on any atom is 0.270 e. The lowest BCUT2D eigenvalue weighted by atomic mass is 9.78. The van der Waals surface area contributed by atoms with Crippen LogP contribution in [0.1, 0.15) is 21.1 Å². The summed E-state index contributed by atoms with van der Waals surface area (Å²) in [4.78, 5) is 49.0. The van der Waals surface area contributed by atoms with Crippen LogP contribution in [0.4, 0.5) is 0 Å². The summed E-state index contributed by atoms with van der Waals surface area (Å²) >= 11 is 4.47. The molecule has 2 aliphatic rings. The first kappa shape index (κ1) is 37.3. The van der Waals surface area contributed by atoms with Gasteiger partial charge in [-0.05, 0) is 95.1 Å². The lowest BCUT2D eigenvalue weighted by Crippen LogP contribution is -2.51. The summed E-state index contributed by atoms with van der Waals surface area (Å²) in [5.74, 6) is 0.668. The molecule has 0 saturated heterocycles. The molecule has 2 amide bonds. The Morgan fingerprint density at radius 3 is 1.09 bits per heavy atom. The number of aromatic hydroxyl groups is 2. The second-order valence-electron chi connectivity index (χ2n) is 12.3. The van der Waals surface area contributed by atoms with Crippen LogP contribution in [0.15, 0.2) is 107 Å². The number of aromatic nitrogens is 2. The van der Waals surface area contributed by atoms with Crippen molar-refractivity contribution < 1.29 is 38.7 Å². The Bertz CT molecular complexity index is 2360. The molecule has 56 heavy (non-hydrogen) atoms. The Balaban J connectivity index is 1.27. The Morgan fingerprint density at radius 2 is 0.786 bits per heavy atom. The number of amides is 2. The molecular weight excluding hydrogens is 793 g/mol. The zero-order valence-corrected chi connectivity index (χ0v) is 33.3. The highest BCUT2D eigenvalue weighted by Gasteiger charge is 2.69. The van der Waals surface area contributed by atoms with Crippen LogP contribution < -0.4 is 18.9 Å². The third-order valence-electron chi connectivity index (χ3n) is 9.29. The molecule has 2 atom stereocenters. The van der Waals surface area contributed by atoms with Crippen molar-refractivity contribution in [2.24, 2.45) is 9.98 Å². The number of aliphatic imine (C=N–C) groups is 2. The van der Waals surface area contributed by atoms with E-state index in [1.54, 1.807) is 111 Å². The molecule has 4 heterocycles. The summed E-state index contributed by atoms with van der Waals surface area (Å²) in [5.41, 5.74) is 2.30. The van der Waals surface area contributed by atoms with E-state index in [0.29, 0.717) is 55.0 Å². The van der Waals surface area contributed by atoms with Gasteiger partial charge in [0.25, 0.3) is 11.8 Å². The molecular formula is C40H30N4O8S4. The highest BCUT2D eigenvalue weighted by molar-refractivity contribution is 8.20. The fourth-order valence-corrected chi connectivity index (χ4v) is 11.5. The zero-order valence-electron chi connectivity index (χ0n) is 30.0. The molecule has 0 fully saturated rings. The maximum atomic E-state index is 15.0. The van der Waals surface area contributed by atoms with Gasteiger partial charge in [-0.2, -0.15) is 9.97 Å². The molecule has 0 saturated carbocycles. The molecule has 2 N–H and O–H groups in total. The maximum absolute atomic E-state index is 15.0. The lowest BCUT2D eigenvalue weighted by Gasteiger charge is -2.41. The van der Waals surface area contributed by atoms with E-state index in [1.807, 2.05) is 0 Å². The number of thiazole rings is 2. The Labute approximate surface area is 336 Å². The van der Waals surface area contributed by atoms with Gasteiger partial charge in [0, 0.05) is 0 Å². The summed E-state index contributed by atoms with van der Waals surface area (Å²) in [7, 11) is 6.21. The van der Waals surface area contributed by atoms with Crippen molar-refractivity contribution in [1.82, 2.24) is 9.97 Å². The summed E-state index contributed by atoms with van der Waals surface area (Å²) in [6, 6.07) is 28.1. The van der Waals surface area contributed by atoms with Gasteiger partial charge >= 0.3 is 0 Å². The molecule has 12 nitrogen and oxygen atoms in total. The van der Waals surface area contributed by atoms with Crippen LogP contribution in [-0.2, 0) is 19.1 Å². The van der Waals surface area contributed by atoms with Gasteiger partial charge < -0.3 is 29.2 Å². The first-order chi connectivity index (χ1) is 27.1. The standard InChI is InChI=1S/C40H30N4O8S4/c1-49-25-13-5-21(6-14-25)29-31(45)41-33(53-29)35-43-37(47)39(55-35,23-9-17-27(51-3)18-10-23)40(24-11-19-28(52-4)20-12-24)38(48)44-36(56-40)34-42-32(46)30(54-34)22-7-15-26(50-2)16-8-22/h5-20,45-46H,1-4H3. The molecule has 0 radical (unpaired) electrons. The molecule has 2 unspecified atom stereocenters. The van der Waals surface area contributed by atoms with Crippen molar-refractivity contribution >= 4 is 68.1 Å². The molecule has 8 rings (SSSR count). The van der Waals surface area contributed by atoms with E-state index in [0.717, 1.165) is 23.5 Å². The normalized spacial score (nSPS) is 19.1. The molecule has 0 spiro atoms. The van der Waals surface area contributed by atoms with Crippen LogP contribution >= 0.6 is 46.2 Å². The van der Waals surface area contributed by atoms with Crippen LogP contribution in [0.25, 0.3) is 20.9 Å². The third-order valence-corrected chi connectivity index (χ3v) is 14.9. The van der Waals surface area contributed by atoms with E-state index in [1.165, 1.54) is 36.9 Å². The van der Waals surface area contributed by atoms with Crippen molar-refractivity contribution in [2.75, 3.05) is 28.4 Å². The molecule has 0 aliphatic carbocycles. The zero-order chi connectivity index (χ0) is 39.2. The number of methoxy groups -OCH3 is 4. The number of thioether (sulfide) groups is 2. The van der Waals surface area contributed by atoms with Gasteiger partial charge in [0.05, 0.1) is 38.2 Å². The van der Waals surface area contributed by atoms with Crippen molar-refractivity contribution in [3.05, 3.63) is 118 Å². The minimum absolute atomic E-state index is 0.217. The third kappa shape index (κ3) is 6.09. The second-order valence-corrected chi connectivity index (χ2v) is 16.7. The number of carbonyl (C=O) groups is 2. The average molecular weight is 823 g/mol. The fourth-order valence-electron chi connectivity index (χ4n) is 6.48. The highest BCUT2D eigenvalue weighted by atomic mass is 32.2. The van der Waals surface area contributed by atoms with Gasteiger partial charge in [0.2, 0.25) is 11.8 Å². The van der Waals surface area contributed by atoms with E-state index in [9.17, 15) is 19.8 Å². The van der Waals surface area contributed by atoms with E-state index < -0.39 is 21.3 Å². The molecule has 282 valence electrons. The number of hydrogen-bond donors (Lipinski definition) is 2. The quantitative estimate of drug-likeness (QED) is 0.130. The summed E-state index contributed by atoms with van der Waals surface area (Å²) in [6.07, 6.45) is 0. The topological polar surface area (TPSA) is 162 Å². The van der Waals surface area contributed by atoms with Crippen LogP contribution in [0.3, 0.4) is 0 Å². The SMILES string of the molecule is COc1ccc(-c2sc(C3=NC(=O)C(c4ccc(OC)cc4)(C4(c5ccc(OC)cc5)SC(c5nc(O)c(-c6ccc(OC)cc6)s5)=NC4=O)S3)nc2O)cc1. The van der Waals surface area contributed by atoms with Gasteiger partial charge in [-0.3, -0.25) is 9.59 Å². The molecule has 6 aromatic rings. The Kier molecular flexibility index (Phi) is 9.82. The first-order valence-electron chi connectivity index (χ1n) is 16.8. The number of benzene rings is 4. The van der Waals surface area contributed by atoms with E-state index >= 15 is 0 Å². The number of nitrogens with zero attached hydrogens (tertiary/aromatic N) is 4. The van der Waals surface area contributed by atoms with Gasteiger partial charge in [0.15, 0.2) is 19.5 Å². The van der Waals surface area contributed by atoms with Gasteiger partial charge in [-0.1, -0.05) is 47.8 Å². The first-order valence-corrected chi connectivity index (χ1v) is 20.0. The van der Waals surface area contributed by atoms with Crippen molar-refractivity contribution in [3.8, 4) is 55.6 Å². The number of rotatable bonds is 11. The highest BCUT2D eigenvalue weighted by Crippen LogP contribution is 2.65. The predicted molar refractivity (Wildman–Crippen MR) is 219 cm³/mol. The van der Waals surface area contributed by atoms with E-state index in [4.69, 9.17) is 18.9 Å². The molecule has 2 aromatic heterocycles. The Morgan fingerprint density at radius 1 is 0.482 bits per heavy atom. The van der Waals surface area contributed by atoms with E-state index in [2.05, 4.69) is 20.0 Å². The van der Waals surface area contributed by atoms with E-state index in [-0.39, 0.29) is 31.9 Å². The summed E-state index contributed by atoms with van der Waals surface area (Å²) in [5, 5.41) is 23.1. The minimum Gasteiger partial charge on any atom is -0.497 e. The molecule has 2 aliphatic heterocycles. The number of ether oxygens (including phenoxy) is 4. The lowest BCUT2D eigenvalue weighted by molar-refractivity contribution is -0.127. The number of hydrogen-bond acceptors (Lipinski definition) is 14. The van der Waals surface area contributed by atoms with Gasteiger partial charge in [-0.15, -0.1) is 22.7 Å². The summed E-state index contributed by atoms with van der Waals surface area (Å²) < 4.78 is 18.0. The number of carbonyl (C=O) groups excluding carboxylic acids is 2.